The van der Waals surface area contributed by atoms with Gasteiger partial charge in [0.05, 0.1) is 6.20 Å². The first-order valence-corrected chi connectivity index (χ1v) is 6.72. The normalized spacial score (nSPS) is 14.2. The molecule has 1 aromatic heterocycles. The fourth-order valence-electron chi connectivity index (χ4n) is 2.23. The first-order valence-electron chi connectivity index (χ1n) is 6.72. The Balaban J connectivity index is 1.81. The number of aromatic nitrogens is 1. The molecule has 104 valence electrons. The summed E-state index contributed by atoms with van der Waals surface area (Å²) >= 11 is 0. The van der Waals surface area contributed by atoms with E-state index in [2.05, 4.69) is 5.16 Å². The highest BCUT2D eigenvalue weighted by Gasteiger charge is 2.34. The third kappa shape index (κ3) is 2.52. The average Bonchev–Trinajstić information content (AvgIpc) is 3.19. The first-order chi connectivity index (χ1) is 9.65. The number of carbonyl (C=O) groups is 1. The summed E-state index contributed by atoms with van der Waals surface area (Å²) in [5.74, 6) is 0.557. The number of benzene rings is 1. The molecule has 0 unspecified atom stereocenters. The van der Waals surface area contributed by atoms with Crippen LogP contribution < -0.4 is 5.73 Å². The van der Waals surface area contributed by atoms with E-state index in [0.717, 1.165) is 24.1 Å². The molecule has 1 aromatic carbocycles. The number of anilines is 1. The second kappa shape index (κ2) is 5.00. The fourth-order valence-corrected chi connectivity index (χ4v) is 2.23. The highest BCUT2D eigenvalue weighted by molar-refractivity contribution is 5.95. The van der Waals surface area contributed by atoms with Crippen molar-refractivity contribution in [2.24, 2.45) is 0 Å². The van der Waals surface area contributed by atoms with Crippen LogP contribution in [0.1, 0.15) is 34.5 Å². The van der Waals surface area contributed by atoms with Crippen LogP contribution in [-0.4, -0.2) is 22.0 Å². The van der Waals surface area contributed by atoms with Gasteiger partial charge in [0.25, 0.3) is 5.91 Å². The molecule has 20 heavy (non-hydrogen) atoms. The predicted molar refractivity (Wildman–Crippen MR) is 75.0 cm³/mol. The van der Waals surface area contributed by atoms with Gasteiger partial charge in [0.15, 0.2) is 0 Å². The molecule has 0 atom stereocenters. The van der Waals surface area contributed by atoms with Gasteiger partial charge in [-0.1, -0.05) is 17.3 Å². The number of amides is 1. The molecule has 1 amide bonds. The van der Waals surface area contributed by atoms with Crippen LogP contribution in [0.2, 0.25) is 0 Å². The summed E-state index contributed by atoms with van der Waals surface area (Å²) in [5.41, 5.74) is 8.04. The van der Waals surface area contributed by atoms with Gasteiger partial charge in [-0.2, -0.15) is 0 Å². The van der Waals surface area contributed by atoms with Gasteiger partial charge in [0, 0.05) is 18.3 Å². The number of nitrogens with zero attached hydrogens (tertiary/aromatic N) is 2. The standard InChI is InChI=1S/C15H17N3O2/c1-10-14(8-17-20-10)15(19)18(13-6-7-13)9-11-2-4-12(16)5-3-11/h2-5,8,13H,6-7,9,16H2,1H3. The van der Waals surface area contributed by atoms with Gasteiger partial charge in [-0.25, -0.2) is 0 Å². The van der Waals surface area contributed by atoms with Crippen LogP contribution in [0.3, 0.4) is 0 Å². The summed E-state index contributed by atoms with van der Waals surface area (Å²) < 4.78 is 4.99. The number of aryl methyl sites for hydroxylation is 1. The molecule has 0 spiro atoms. The number of hydrogen-bond acceptors (Lipinski definition) is 4. The van der Waals surface area contributed by atoms with Crippen molar-refractivity contribution in [2.45, 2.75) is 32.4 Å². The van der Waals surface area contributed by atoms with E-state index in [1.165, 1.54) is 6.20 Å². The summed E-state index contributed by atoms with van der Waals surface area (Å²) in [6, 6.07) is 7.96. The largest absolute Gasteiger partial charge is 0.399 e. The smallest absolute Gasteiger partial charge is 0.259 e. The SMILES string of the molecule is Cc1oncc1C(=O)N(Cc1ccc(N)cc1)C1CC1. The van der Waals surface area contributed by atoms with Gasteiger partial charge in [-0.15, -0.1) is 0 Å². The Morgan fingerprint density at radius 2 is 2.10 bits per heavy atom. The monoisotopic (exact) mass is 271 g/mol. The minimum Gasteiger partial charge on any atom is -0.399 e. The summed E-state index contributed by atoms with van der Waals surface area (Å²) in [7, 11) is 0. The van der Waals surface area contributed by atoms with Crippen molar-refractivity contribution in [1.82, 2.24) is 10.1 Å². The van der Waals surface area contributed by atoms with Crippen molar-refractivity contribution in [3.63, 3.8) is 0 Å². The Bertz CT molecular complexity index is 614. The average molecular weight is 271 g/mol. The third-order valence-corrected chi connectivity index (χ3v) is 3.56. The quantitative estimate of drug-likeness (QED) is 0.866. The lowest BCUT2D eigenvalue weighted by Gasteiger charge is -2.22. The van der Waals surface area contributed by atoms with Gasteiger partial charge in [0.2, 0.25) is 0 Å². The number of carbonyl (C=O) groups excluding carboxylic acids is 1. The molecule has 0 aliphatic heterocycles. The van der Waals surface area contributed by atoms with Crippen LogP contribution in [0.15, 0.2) is 35.0 Å². The second-order valence-electron chi connectivity index (χ2n) is 5.20. The molecule has 2 N–H and O–H groups in total. The molecule has 5 heteroatoms. The van der Waals surface area contributed by atoms with Crippen LogP contribution in [0.5, 0.6) is 0 Å². The number of rotatable bonds is 4. The van der Waals surface area contributed by atoms with Crippen molar-refractivity contribution < 1.29 is 9.32 Å². The van der Waals surface area contributed by atoms with E-state index in [1.807, 2.05) is 29.2 Å². The van der Waals surface area contributed by atoms with E-state index in [4.69, 9.17) is 10.3 Å². The van der Waals surface area contributed by atoms with Crippen molar-refractivity contribution in [2.75, 3.05) is 5.73 Å². The van der Waals surface area contributed by atoms with Gasteiger partial charge in [-0.3, -0.25) is 4.79 Å². The second-order valence-corrected chi connectivity index (χ2v) is 5.20. The van der Waals surface area contributed by atoms with Crippen LogP contribution in [0.25, 0.3) is 0 Å². The van der Waals surface area contributed by atoms with Crippen molar-refractivity contribution in [3.8, 4) is 0 Å². The molecule has 0 saturated heterocycles. The Labute approximate surface area is 117 Å². The molecule has 1 aliphatic rings. The van der Waals surface area contributed by atoms with Crippen LogP contribution in [-0.2, 0) is 6.54 Å². The molecular formula is C15H17N3O2. The zero-order valence-electron chi connectivity index (χ0n) is 11.4. The van der Waals surface area contributed by atoms with Gasteiger partial charge < -0.3 is 15.2 Å². The Morgan fingerprint density at radius 3 is 2.65 bits per heavy atom. The summed E-state index contributed by atoms with van der Waals surface area (Å²) in [4.78, 5) is 14.5. The third-order valence-electron chi connectivity index (χ3n) is 3.56. The highest BCUT2D eigenvalue weighted by atomic mass is 16.5. The summed E-state index contributed by atoms with van der Waals surface area (Å²) in [6.45, 7) is 2.35. The zero-order valence-corrected chi connectivity index (χ0v) is 11.4. The minimum atomic E-state index is -0.0110. The number of nitrogens with two attached hydrogens (primary N) is 1. The number of hydrogen-bond donors (Lipinski definition) is 1. The van der Waals surface area contributed by atoms with Gasteiger partial charge in [0.1, 0.15) is 11.3 Å². The lowest BCUT2D eigenvalue weighted by molar-refractivity contribution is 0.0728. The van der Waals surface area contributed by atoms with Gasteiger partial charge in [-0.05, 0) is 37.5 Å². The molecule has 1 fully saturated rings. The molecule has 0 bridgehead atoms. The molecule has 5 nitrogen and oxygen atoms in total. The van der Waals surface area contributed by atoms with E-state index in [0.29, 0.717) is 23.9 Å². The molecule has 3 rings (SSSR count). The molecule has 2 aromatic rings. The summed E-state index contributed by atoms with van der Waals surface area (Å²) in [5, 5.41) is 3.68. The highest BCUT2D eigenvalue weighted by Crippen LogP contribution is 2.30. The van der Waals surface area contributed by atoms with Crippen LogP contribution >= 0.6 is 0 Å². The molecular weight excluding hydrogens is 254 g/mol. The van der Waals surface area contributed by atoms with E-state index < -0.39 is 0 Å². The Morgan fingerprint density at radius 1 is 1.40 bits per heavy atom. The maximum atomic E-state index is 12.6. The van der Waals surface area contributed by atoms with E-state index in [-0.39, 0.29) is 5.91 Å². The Kier molecular flexibility index (Phi) is 3.18. The van der Waals surface area contributed by atoms with E-state index in [9.17, 15) is 4.79 Å². The fraction of sp³-hybridized carbons (Fsp3) is 0.333. The van der Waals surface area contributed by atoms with Crippen LogP contribution in [0.4, 0.5) is 5.69 Å². The van der Waals surface area contributed by atoms with E-state index >= 15 is 0 Å². The lowest BCUT2D eigenvalue weighted by Crippen LogP contribution is -2.32. The molecule has 1 heterocycles. The maximum absolute atomic E-state index is 12.6. The molecule has 0 radical (unpaired) electrons. The lowest BCUT2D eigenvalue weighted by atomic mass is 10.1. The first kappa shape index (κ1) is 12.7. The maximum Gasteiger partial charge on any atom is 0.259 e. The van der Waals surface area contributed by atoms with E-state index in [1.54, 1.807) is 6.92 Å². The van der Waals surface area contributed by atoms with Crippen molar-refractivity contribution in [1.29, 1.82) is 0 Å². The van der Waals surface area contributed by atoms with Gasteiger partial charge >= 0.3 is 0 Å². The number of nitrogen functional groups attached to an aromatic ring is 1. The minimum absolute atomic E-state index is 0.0110. The zero-order chi connectivity index (χ0) is 14.1. The molecule has 1 saturated carbocycles. The van der Waals surface area contributed by atoms with Crippen molar-refractivity contribution >= 4 is 11.6 Å². The predicted octanol–water partition coefficient (Wildman–Crippen LogP) is 2.37. The summed E-state index contributed by atoms with van der Waals surface area (Å²) in [6.07, 6.45) is 3.62. The Hall–Kier alpha value is -2.30. The topological polar surface area (TPSA) is 72.4 Å². The molecule has 1 aliphatic carbocycles. The van der Waals surface area contributed by atoms with Crippen LogP contribution in [0, 0.1) is 6.92 Å². The van der Waals surface area contributed by atoms with Crippen molar-refractivity contribution in [3.05, 3.63) is 47.3 Å².